The number of aromatic hydroxyl groups is 1. The molecule has 7 heteroatoms. The number of anilines is 1. The monoisotopic (exact) mass is 348 g/mol. The third kappa shape index (κ3) is 4.56. The molecule has 0 radical (unpaired) electrons. The average molecular weight is 348 g/mol. The maximum atomic E-state index is 12.2. The summed E-state index contributed by atoms with van der Waals surface area (Å²) in [5, 5.41) is 12.0. The summed E-state index contributed by atoms with van der Waals surface area (Å²) >= 11 is 0. The molecule has 3 N–H and O–H groups in total. The minimum Gasteiger partial charge on any atom is -0.508 e. The summed E-state index contributed by atoms with van der Waals surface area (Å²) in [7, 11) is -3.59. The Morgan fingerprint density at radius 2 is 1.83 bits per heavy atom. The van der Waals surface area contributed by atoms with E-state index in [4.69, 9.17) is 0 Å². The molecule has 0 saturated heterocycles. The lowest BCUT2D eigenvalue weighted by Crippen LogP contribution is -2.32. The topological polar surface area (TPSA) is 95.5 Å². The van der Waals surface area contributed by atoms with Gasteiger partial charge < -0.3 is 10.4 Å². The van der Waals surface area contributed by atoms with E-state index in [1.54, 1.807) is 19.1 Å². The standard InChI is InChI=1S/C17H20N2O4S/c1-3-12(2)19-24(22,23)16-9-7-13(8-10-16)17(21)18-14-5-4-6-15(20)11-14/h4-12,19-20H,3H2,1-2H3,(H,18,21). The molecule has 1 unspecified atom stereocenters. The number of carbonyl (C=O) groups excluding carboxylic acids is 1. The zero-order valence-corrected chi connectivity index (χ0v) is 14.3. The van der Waals surface area contributed by atoms with Crippen molar-refractivity contribution in [2.45, 2.75) is 31.2 Å². The van der Waals surface area contributed by atoms with Gasteiger partial charge in [0.1, 0.15) is 5.75 Å². The van der Waals surface area contributed by atoms with Crippen LogP contribution in [0.15, 0.2) is 53.4 Å². The minimum atomic E-state index is -3.59. The molecular formula is C17H20N2O4S. The van der Waals surface area contributed by atoms with E-state index in [1.807, 2.05) is 6.92 Å². The van der Waals surface area contributed by atoms with Crippen molar-refractivity contribution in [2.24, 2.45) is 0 Å². The van der Waals surface area contributed by atoms with Crippen LogP contribution in [0.25, 0.3) is 0 Å². The second-order valence-corrected chi connectivity index (χ2v) is 7.17. The lowest BCUT2D eigenvalue weighted by Gasteiger charge is -2.12. The van der Waals surface area contributed by atoms with Crippen LogP contribution in [-0.2, 0) is 10.0 Å². The maximum Gasteiger partial charge on any atom is 0.255 e. The summed E-state index contributed by atoms with van der Waals surface area (Å²) in [6, 6.07) is 11.7. The van der Waals surface area contributed by atoms with Crippen LogP contribution in [0.4, 0.5) is 5.69 Å². The van der Waals surface area contributed by atoms with Crippen LogP contribution < -0.4 is 10.0 Å². The van der Waals surface area contributed by atoms with E-state index >= 15 is 0 Å². The van der Waals surface area contributed by atoms with Crippen LogP contribution in [0.2, 0.25) is 0 Å². The molecule has 0 aliphatic carbocycles. The maximum absolute atomic E-state index is 12.2. The second kappa shape index (κ2) is 7.46. The molecule has 24 heavy (non-hydrogen) atoms. The molecule has 0 aliphatic rings. The van der Waals surface area contributed by atoms with Crippen molar-refractivity contribution in [3.05, 3.63) is 54.1 Å². The van der Waals surface area contributed by atoms with Crippen molar-refractivity contribution in [1.82, 2.24) is 4.72 Å². The summed E-state index contributed by atoms with van der Waals surface area (Å²) in [6.45, 7) is 3.68. The number of benzene rings is 2. The number of hydrogen-bond acceptors (Lipinski definition) is 4. The molecule has 0 saturated carbocycles. The first-order chi connectivity index (χ1) is 11.3. The highest BCUT2D eigenvalue weighted by atomic mass is 32.2. The van der Waals surface area contributed by atoms with Gasteiger partial charge in [0.25, 0.3) is 5.91 Å². The first-order valence-electron chi connectivity index (χ1n) is 7.54. The smallest absolute Gasteiger partial charge is 0.255 e. The van der Waals surface area contributed by atoms with Crippen LogP contribution in [0.5, 0.6) is 5.75 Å². The molecule has 128 valence electrons. The largest absolute Gasteiger partial charge is 0.508 e. The molecule has 0 fully saturated rings. The minimum absolute atomic E-state index is 0.0466. The highest BCUT2D eigenvalue weighted by Crippen LogP contribution is 2.17. The van der Waals surface area contributed by atoms with Crippen molar-refractivity contribution in [1.29, 1.82) is 0 Å². The van der Waals surface area contributed by atoms with Crippen LogP contribution in [0, 0.1) is 0 Å². The molecule has 0 bridgehead atoms. The number of nitrogens with one attached hydrogen (secondary N) is 2. The Kier molecular flexibility index (Phi) is 5.58. The van der Waals surface area contributed by atoms with Gasteiger partial charge in [-0.1, -0.05) is 13.0 Å². The van der Waals surface area contributed by atoms with E-state index < -0.39 is 10.0 Å². The van der Waals surface area contributed by atoms with Gasteiger partial charge >= 0.3 is 0 Å². The third-order valence-electron chi connectivity index (χ3n) is 3.50. The molecule has 2 rings (SSSR count). The number of carbonyl (C=O) groups is 1. The highest BCUT2D eigenvalue weighted by molar-refractivity contribution is 7.89. The van der Waals surface area contributed by atoms with Gasteiger partial charge in [-0.2, -0.15) is 0 Å². The normalized spacial score (nSPS) is 12.6. The van der Waals surface area contributed by atoms with Crippen molar-refractivity contribution in [3.8, 4) is 5.75 Å². The molecule has 6 nitrogen and oxygen atoms in total. The predicted molar refractivity (Wildman–Crippen MR) is 92.6 cm³/mol. The fourth-order valence-electron chi connectivity index (χ4n) is 1.99. The summed E-state index contributed by atoms with van der Waals surface area (Å²) in [6.07, 6.45) is 0.684. The summed E-state index contributed by atoms with van der Waals surface area (Å²) in [5.41, 5.74) is 0.774. The van der Waals surface area contributed by atoms with Gasteiger partial charge in [-0.25, -0.2) is 13.1 Å². The van der Waals surface area contributed by atoms with Crippen LogP contribution in [0.3, 0.4) is 0 Å². The van der Waals surface area contributed by atoms with E-state index in [9.17, 15) is 18.3 Å². The molecule has 0 aromatic heterocycles. The Morgan fingerprint density at radius 1 is 1.17 bits per heavy atom. The number of sulfonamides is 1. The van der Waals surface area contributed by atoms with Gasteiger partial charge in [-0.05, 0) is 49.7 Å². The Morgan fingerprint density at radius 3 is 2.42 bits per heavy atom. The number of rotatable bonds is 6. The molecule has 0 spiro atoms. The quantitative estimate of drug-likeness (QED) is 0.748. The third-order valence-corrected chi connectivity index (χ3v) is 5.10. The fraction of sp³-hybridized carbons (Fsp3) is 0.235. The Labute approximate surface area is 141 Å². The summed E-state index contributed by atoms with van der Waals surface area (Å²) < 4.78 is 26.9. The molecule has 1 atom stereocenters. The Balaban J connectivity index is 2.12. The van der Waals surface area contributed by atoms with Gasteiger partial charge in [0, 0.05) is 23.4 Å². The fourth-order valence-corrected chi connectivity index (χ4v) is 3.32. The summed E-state index contributed by atoms with van der Waals surface area (Å²) in [5.74, 6) is -0.343. The van der Waals surface area contributed by atoms with Crippen molar-refractivity contribution < 1.29 is 18.3 Å². The van der Waals surface area contributed by atoms with E-state index in [-0.39, 0.29) is 22.6 Å². The first-order valence-corrected chi connectivity index (χ1v) is 9.03. The van der Waals surface area contributed by atoms with Gasteiger partial charge in [-0.15, -0.1) is 0 Å². The predicted octanol–water partition coefficient (Wildman–Crippen LogP) is 2.72. The molecule has 2 aromatic rings. The van der Waals surface area contributed by atoms with Crippen LogP contribution in [0.1, 0.15) is 30.6 Å². The number of phenols is 1. The van der Waals surface area contributed by atoms with Crippen molar-refractivity contribution >= 4 is 21.6 Å². The van der Waals surface area contributed by atoms with E-state index in [0.717, 1.165) is 0 Å². The van der Waals surface area contributed by atoms with Crippen molar-refractivity contribution in [2.75, 3.05) is 5.32 Å². The molecule has 0 heterocycles. The van der Waals surface area contributed by atoms with Crippen LogP contribution in [-0.4, -0.2) is 25.5 Å². The lowest BCUT2D eigenvalue weighted by molar-refractivity contribution is 0.102. The van der Waals surface area contributed by atoms with Crippen molar-refractivity contribution in [3.63, 3.8) is 0 Å². The average Bonchev–Trinajstić information content (AvgIpc) is 2.54. The van der Waals surface area contributed by atoms with E-state index in [1.165, 1.54) is 36.4 Å². The van der Waals surface area contributed by atoms with E-state index in [0.29, 0.717) is 17.7 Å². The zero-order valence-electron chi connectivity index (χ0n) is 13.5. The number of amides is 1. The molecule has 0 aliphatic heterocycles. The van der Waals surface area contributed by atoms with Gasteiger partial charge in [0.2, 0.25) is 10.0 Å². The Bertz CT molecular complexity index is 817. The summed E-state index contributed by atoms with van der Waals surface area (Å²) in [4.78, 5) is 12.3. The molecule has 2 aromatic carbocycles. The van der Waals surface area contributed by atoms with E-state index in [2.05, 4.69) is 10.0 Å². The second-order valence-electron chi connectivity index (χ2n) is 5.46. The van der Waals surface area contributed by atoms with Gasteiger partial charge in [0.15, 0.2) is 0 Å². The highest BCUT2D eigenvalue weighted by Gasteiger charge is 2.17. The zero-order chi connectivity index (χ0) is 17.7. The molecule has 1 amide bonds. The van der Waals surface area contributed by atoms with Crippen LogP contribution >= 0.6 is 0 Å². The molecular weight excluding hydrogens is 328 g/mol. The number of phenolic OH excluding ortho intramolecular Hbond substituents is 1. The SMILES string of the molecule is CCC(C)NS(=O)(=O)c1ccc(C(=O)Nc2cccc(O)c2)cc1. The number of hydrogen-bond donors (Lipinski definition) is 3. The Hall–Kier alpha value is -2.38. The first kappa shape index (κ1) is 18.0. The van der Waals surface area contributed by atoms with Gasteiger partial charge in [-0.3, -0.25) is 4.79 Å². The van der Waals surface area contributed by atoms with Gasteiger partial charge in [0.05, 0.1) is 4.90 Å². The lowest BCUT2D eigenvalue weighted by atomic mass is 10.2.